The predicted octanol–water partition coefficient (Wildman–Crippen LogP) is 4.38. The first kappa shape index (κ1) is 18.1. The van der Waals surface area contributed by atoms with E-state index in [0.29, 0.717) is 12.3 Å². The molecule has 2 aromatic rings. The first-order chi connectivity index (χ1) is 12.0. The van der Waals surface area contributed by atoms with E-state index in [1.165, 1.54) is 17.7 Å². The van der Waals surface area contributed by atoms with Crippen LogP contribution in [0, 0.1) is 11.7 Å². The van der Waals surface area contributed by atoms with Crippen molar-refractivity contribution in [2.24, 2.45) is 5.92 Å². The van der Waals surface area contributed by atoms with E-state index in [0.717, 1.165) is 31.2 Å². The van der Waals surface area contributed by atoms with Crippen molar-refractivity contribution in [3.8, 4) is 0 Å². The molecule has 3 rings (SSSR count). The van der Waals surface area contributed by atoms with Gasteiger partial charge in [-0.15, -0.1) is 0 Å². The van der Waals surface area contributed by atoms with Gasteiger partial charge in [-0.25, -0.2) is 4.39 Å². The van der Waals surface area contributed by atoms with Crippen molar-refractivity contribution in [3.05, 3.63) is 71.5 Å². The Bertz CT molecular complexity index is 660. The maximum absolute atomic E-state index is 13.0. The quantitative estimate of drug-likeness (QED) is 0.872. The molecule has 0 radical (unpaired) electrons. The maximum atomic E-state index is 13.0. The third-order valence-electron chi connectivity index (χ3n) is 5.93. The molecule has 0 spiro atoms. The first-order valence-corrected chi connectivity index (χ1v) is 9.17. The van der Waals surface area contributed by atoms with E-state index in [1.807, 2.05) is 0 Å². The summed E-state index contributed by atoms with van der Waals surface area (Å²) in [6.07, 6.45) is 4.36. The zero-order valence-electron chi connectivity index (χ0n) is 15.2. The molecule has 1 N–H and O–H groups in total. The maximum Gasteiger partial charge on any atom is 0.123 e. The van der Waals surface area contributed by atoms with Crippen LogP contribution in [0.2, 0.25) is 0 Å². The third kappa shape index (κ3) is 3.94. The van der Waals surface area contributed by atoms with E-state index in [1.54, 1.807) is 12.1 Å². The van der Waals surface area contributed by atoms with Gasteiger partial charge in [0.05, 0.1) is 6.10 Å². The molecule has 1 aliphatic rings. The Morgan fingerprint density at radius 1 is 1.04 bits per heavy atom. The standard InChI is InChI=1S/C22H28FNO/c1-24(2)22(19-6-4-3-5-7-19)14-12-18(13-15-22)21(25)16-17-8-10-20(23)11-9-17/h3-11,18,21,25H,12-16H2,1-2H3. The molecule has 0 amide bonds. The van der Waals surface area contributed by atoms with Crippen LogP contribution < -0.4 is 0 Å². The fraction of sp³-hybridized carbons (Fsp3) is 0.455. The van der Waals surface area contributed by atoms with E-state index in [4.69, 9.17) is 0 Å². The van der Waals surface area contributed by atoms with Crippen molar-refractivity contribution >= 4 is 0 Å². The van der Waals surface area contributed by atoms with Crippen LogP contribution in [0.4, 0.5) is 4.39 Å². The molecule has 134 valence electrons. The lowest BCUT2D eigenvalue weighted by molar-refractivity contribution is 0.0237. The van der Waals surface area contributed by atoms with Crippen LogP contribution >= 0.6 is 0 Å². The van der Waals surface area contributed by atoms with Gasteiger partial charge in [-0.3, -0.25) is 4.90 Å². The Hall–Kier alpha value is -1.71. The SMILES string of the molecule is CN(C)C1(c2ccccc2)CCC(C(O)Cc2ccc(F)cc2)CC1. The summed E-state index contributed by atoms with van der Waals surface area (Å²) in [5.74, 6) is 0.0800. The van der Waals surface area contributed by atoms with Gasteiger partial charge in [0.1, 0.15) is 5.82 Å². The Morgan fingerprint density at radius 2 is 1.64 bits per heavy atom. The molecule has 0 bridgehead atoms. The summed E-state index contributed by atoms with van der Waals surface area (Å²) in [6, 6.07) is 17.2. The Morgan fingerprint density at radius 3 is 2.20 bits per heavy atom. The molecule has 1 fully saturated rings. The van der Waals surface area contributed by atoms with Gasteiger partial charge in [-0.2, -0.15) is 0 Å². The molecule has 0 aliphatic heterocycles. The minimum absolute atomic E-state index is 0.0629. The van der Waals surface area contributed by atoms with Crippen molar-refractivity contribution in [1.82, 2.24) is 4.90 Å². The Kier molecular flexibility index (Phi) is 5.55. The summed E-state index contributed by atoms with van der Waals surface area (Å²) in [6.45, 7) is 0. The van der Waals surface area contributed by atoms with E-state index in [9.17, 15) is 9.50 Å². The number of hydrogen-bond acceptors (Lipinski definition) is 2. The number of rotatable bonds is 5. The Labute approximate surface area is 150 Å². The molecule has 1 saturated carbocycles. The number of hydrogen-bond donors (Lipinski definition) is 1. The molecule has 1 unspecified atom stereocenters. The molecule has 2 nitrogen and oxygen atoms in total. The van der Waals surface area contributed by atoms with E-state index in [2.05, 4.69) is 49.3 Å². The van der Waals surface area contributed by atoms with Gasteiger partial charge in [0.15, 0.2) is 0 Å². The average Bonchev–Trinajstić information content (AvgIpc) is 2.64. The highest BCUT2D eigenvalue weighted by Gasteiger charge is 2.40. The van der Waals surface area contributed by atoms with Gasteiger partial charge >= 0.3 is 0 Å². The Balaban J connectivity index is 1.66. The van der Waals surface area contributed by atoms with Gasteiger partial charge < -0.3 is 5.11 Å². The highest BCUT2D eigenvalue weighted by Crippen LogP contribution is 2.44. The number of halogens is 1. The second kappa shape index (κ2) is 7.67. The van der Waals surface area contributed by atoms with Crippen molar-refractivity contribution in [3.63, 3.8) is 0 Å². The van der Waals surface area contributed by atoms with Crippen molar-refractivity contribution < 1.29 is 9.50 Å². The van der Waals surface area contributed by atoms with Gasteiger partial charge in [0.25, 0.3) is 0 Å². The largest absolute Gasteiger partial charge is 0.392 e. The number of aliphatic hydroxyl groups is 1. The van der Waals surface area contributed by atoms with Crippen molar-refractivity contribution in [2.75, 3.05) is 14.1 Å². The van der Waals surface area contributed by atoms with E-state index in [-0.39, 0.29) is 17.5 Å². The fourth-order valence-corrected chi connectivity index (χ4v) is 4.27. The van der Waals surface area contributed by atoms with Crippen LogP contribution in [-0.4, -0.2) is 30.2 Å². The molecule has 0 saturated heterocycles. The summed E-state index contributed by atoms with van der Waals surface area (Å²) >= 11 is 0. The molecule has 25 heavy (non-hydrogen) atoms. The highest BCUT2D eigenvalue weighted by atomic mass is 19.1. The lowest BCUT2D eigenvalue weighted by Gasteiger charge is -2.46. The topological polar surface area (TPSA) is 23.5 Å². The molecule has 1 aliphatic carbocycles. The van der Waals surface area contributed by atoms with Crippen molar-refractivity contribution in [2.45, 2.75) is 43.7 Å². The third-order valence-corrected chi connectivity index (χ3v) is 5.93. The summed E-state index contributed by atoms with van der Waals surface area (Å²) in [4.78, 5) is 2.34. The summed E-state index contributed by atoms with van der Waals surface area (Å²) in [5.41, 5.74) is 2.43. The molecule has 0 aromatic heterocycles. The first-order valence-electron chi connectivity index (χ1n) is 9.17. The zero-order chi connectivity index (χ0) is 17.9. The van der Waals surface area contributed by atoms with Crippen LogP contribution in [0.15, 0.2) is 54.6 Å². The average molecular weight is 341 g/mol. The lowest BCUT2D eigenvalue weighted by Crippen LogP contribution is -2.45. The smallest absolute Gasteiger partial charge is 0.123 e. The molecule has 0 heterocycles. The van der Waals surface area contributed by atoms with Crippen molar-refractivity contribution in [1.29, 1.82) is 0 Å². The molecule has 1 atom stereocenters. The molecular formula is C22H28FNO. The van der Waals surface area contributed by atoms with Crippen LogP contribution in [0.25, 0.3) is 0 Å². The van der Waals surface area contributed by atoms with Gasteiger partial charge in [0.2, 0.25) is 0 Å². The molecule has 3 heteroatoms. The number of aliphatic hydroxyl groups excluding tert-OH is 1. The second-order valence-corrected chi connectivity index (χ2v) is 7.53. The zero-order valence-corrected chi connectivity index (χ0v) is 15.2. The number of benzene rings is 2. The second-order valence-electron chi connectivity index (χ2n) is 7.53. The monoisotopic (exact) mass is 341 g/mol. The predicted molar refractivity (Wildman–Crippen MR) is 99.9 cm³/mol. The van der Waals surface area contributed by atoms with Crippen LogP contribution in [0.3, 0.4) is 0 Å². The minimum Gasteiger partial charge on any atom is -0.392 e. The number of nitrogens with zero attached hydrogens (tertiary/aromatic N) is 1. The molecule has 2 aromatic carbocycles. The van der Waals surface area contributed by atoms with Crippen LogP contribution in [0.1, 0.15) is 36.8 Å². The van der Waals surface area contributed by atoms with Gasteiger partial charge in [-0.05, 0) is 75.4 Å². The van der Waals surface area contributed by atoms with Crippen LogP contribution in [-0.2, 0) is 12.0 Å². The summed E-state index contributed by atoms with van der Waals surface area (Å²) < 4.78 is 13.0. The fourth-order valence-electron chi connectivity index (χ4n) is 4.27. The van der Waals surface area contributed by atoms with Crippen LogP contribution in [0.5, 0.6) is 0 Å². The minimum atomic E-state index is -0.360. The molecular weight excluding hydrogens is 313 g/mol. The van der Waals surface area contributed by atoms with Gasteiger partial charge in [-0.1, -0.05) is 42.5 Å². The highest BCUT2D eigenvalue weighted by molar-refractivity contribution is 5.25. The van der Waals surface area contributed by atoms with E-state index < -0.39 is 0 Å². The lowest BCUT2D eigenvalue weighted by atomic mass is 9.70. The summed E-state index contributed by atoms with van der Waals surface area (Å²) in [5, 5.41) is 10.7. The summed E-state index contributed by atoms with van der Waals surface area (Å²) in [7, 11) is 4.31. The van der Waals surface area contributed by atoms with Gasteiger partial charge in [0, 0.05) is 5.54 Å². The van der Waals surface area contributed by atoms with E-state index >= 15 is 0 Å². The normalized spacial score (nSPS) is 25.1.